The minimum Gasteiger partial charge on any atom is -0.507 e. The SMILES string of the molecule is C.Cc1cc(-c2ccccc2OCCCCOc2ccccc2-c2cc(C)cc(-c3c4c(cc5c3CCCC5)CCCC4)c2O)c(O)c(-c2c3c(cc4c2CCCC4)CCCC3)c1. The van der Waals surface area contributed by atoms with Gasteiger partial charge in [0.25, 0.3) is 0 Å². The first-order valence-corrected chi connectivity index (χ1v) is 23.9. The summed E-state index contributed by atoms with van der Waals surface area (Å²) >= 11 is 0. The van der Waals surface area contributed by atoms with Crippen molar-refractivity contribution in [3.8, 4) is 67.5 Å². The molecule has 0 heterocycles. The smallest absolute Gasteiger partial charge is 0.131 e. The second-order valence-electron chi connectivity index (χ2n) is 18.7. The number of phenolic OH excluding ortho intramolecular Hbond substituents is 2. The molecule has 0 fully saturated rings. The first-order chi connectivity index (χ1) is 30.4. The molecule has 326 valence electrons. The summed E-state index contributed by atoms with van der Waals surface area (Å²) < 4.78 is 13.0. The molecule has 0 unspecified atom stereocenters. The number of aromatic hydroxyl groups is 2. The van der Waals surface area contributed by atoms with E-state index < -0.39 is 0 Å². The number of fused-ring (bicyclic) bond motifs is 4. The molecular formula is C59H66O4. The van der Waals surface area contributed by atoms with Gasteiger partial charge in [-0.05, 0) is 233 Å². The number of para-hydroxylation sites is 2. The maximum atomic E-state index is 12.2. The Hall–Kier alpha value is -5.48. The van der Waals surface area contributed by atoms with Gasteiger partial charge in [-0.3, -0.25) is 0 Å². The zero-order valence-corrected chi connectivity index (χ0v) is 36.9. The summed E-state index contributed by atoms with van der Waals surface area (Å²) in [7, 11) is 0. The number of unbranched alkanes of at least 4 members (excludes halogenated alkanes) is 1. The number of benzene rings is 6. The van der Waals surface area contributed by atoms with Gasteiger partial charge in [0, 0.05) is 33.4 Å². The van der Waals surface area contributed by atoms with Crippen molar-refractivity contribution in [1.82, 2.24) is 0 Å². The Bertz CT molecular complexity index is 2400. The van der Waals surface area contributed by atoms with E-state index in [1.54, 1.807) is 0 Å². The highest BCUT2D eigenvalue weighted by atomic mass is 16.5. The highest BCUT2D eigenvalue weighted by molar-refractivity contribution is 5.90. The zero-order valence-electron chi connectivity index (χ0n) is 36.9. The summed E-state index contributed by atoms with van der Waals surface area (Å²) in [6, 6.07) is 30.0. The molecule has 0 saturated carbocycles. The van der Waals surface area contributed by atoms with Crippen LogP contribution in [-0.4, -0.2) is 23.4 Å². The molecule has 4 nitrogen and oxygen atoms in total. The molecule has 10 rings (SSSR count). The molecule has 0 spiro atoms. The first-order valence-electron chi connectivity index (χ1n) is 23.9. The fourth-order valence-electron chi connectivity index (χ4n) is 11.5. The molecule has 0 aliphatic heterocycles. The number of hydrogen-bond acceptors (Lipinski definition) is 4. The molecule has 0 bridgehead atoms. The molecule has 0 atom stereocenters. The third-order valence-corrected chi connectivity index (χ3v) is 14.4. The predicted molar refractivity (Wildman–Crippen MR) is 261 cm³/mol. The Morgan fingerprint density at radius 3 is 1.08 bits per heavy atom. The summed E-state index contributed by atoms with van der Waals surface area (Å²) in [5.74, 6) is 2.29. The molecule has 6 aromatic carbocycles. The van der Waals surface area contributed by atoms with Crippen molar-refractivity contribution >= 4 is 0 Å². The lowest BCUT2D eigenvalue weighted by Gasteiger charge is -2.28. The van der Waals surface area contributed by atoms with E-state index >= 15 is 0 Å². The van der Waals surface area contributed by atoms with E-state index in [1.165, 1.54) is 107 Å². The quantitative estimate of drug-likeness (QED) is 0.128. The Labute approximate surface area is 376 Å². The third kappa shape index (κ3) is 8.39. The van der Waals surface area contributed by atoms with Crippen LogP contribution in [0, 0.1) is 13.8 Å². The van der Waals surface area contributed by atoms with Crippen LogP contribution in [0.1, 0.15) is 127 Å². The predicted octanol–water partition coefficient (Wildman–Crippen LogP) is 14.8. The van der Waals surface area contributed by atoms with Crippen LogP contribution in [0.4, 0.5) is 0 Å². The van der Waals surface area contributed by atoms with E-state index in [-0.39, 0.29) is 7.43 Å². The van der Waals surface area contributed by atoms with E-state index in [9.17, 15) is 10.2 Å². The maximum Gasteiger partial charge on any atom is 0.131 e. The highest BCUT2D eigenvalue weighted by Gasteiger charge is 2.28. The number of phenols is 2. The van der Waals surface area contributed by atoms with Crippen LogP contribution in [0.15, 0.2) is 84.9 Å². The summed E-state index contributed by atoms with van der Waals surface area (Å²) in [4.78, 5) is 0. The largest absolute Gasteiger partial charge is 0.507 e. The highest BCUT2D eigenvalue weighted by Crippen LogP contribution is 2.49. The monoisotopic (exact) mass is 838 g/mol. The average Bonchev–Trinajstić information content (AvgIpc) is 3.30. The van der Waals surface area contributed by atoms with Crippen LogP contribution in [-0.2, 0) is 51.4 Å². The van der Waals surface area contributed by atoms with E-state index in [2.05, 4.69) is 62.4 Å². The lowest BCUT2D eigenvalue weighted by Crippen LogP contribution is -2.13. The molecule has 6 aromatic rings. The second-order valence-corrected chi connectivity index (χ2v) is 18.7. The Kier molecular flexibility index (Phi) is 12.7. The van der Waals surface area contributed by atoms with Crippen LogP contribution < -0.4 is 9.47 Å². The van der Waals surface area contributed by atoms with Crippen molar-refractivity contribution in [3.63, 3.8) is 0 Å². The number of aryl methyl sites for hydroxylation is 6. The molecule has 0 radical (unpaired) electrons. The van der Waals surface area contributed by atoms with E-state index in [1.807, 2.05) is 36.4 Å². The standard InChI is InChI=1S/C58H62O4.CH4/c1-37-31-49(57(59)51(33-37)55-43-21-7-3-17-39(43)35-40-18-4-8-22-44(40)55)47-25-11-13-27-53(47)61-29-15-16-30-62-54-28-14-12-26-48(54)50-32-38(2)34-52(58(50)60)56-45-23-9-5-19-41(45)36-42-20-6-10-24-46(42)56;/h11-14,25-28,31-36,59-60H,3-10,15-24,29-30H2,1-2H3;1H4. The van der Waals surface area contributed by atoms with Gasteiger partial charge in [-0.15, -0.1) is 0 Å². The minimum atomic E-state index is 0. The Morgan fingerprint density at radius 1 is 0.397 bits per heavy atom. The molecule has 4 heteroatoms. The van der Waals surface area contributed by atoms with Gasteiger partial charge in [-0.2, -0.15) is 0 Å². The van der Waals surface area contributed by atoms with Crippen molar-refractivity contribution < 1.29 is 19.7 Å². The molecular weight excluding hydrogens is 773 g/mol. The van der Waals surface area contributed by atoms with Gasteiger partial charge in [0.1, 0.15) is 23.0 Å². The maximum absolute atomic E-state index is 12.2. The summed E-state index contributed by atoms with van der Waals surface area (Å²) in [5, 5.41) is 24.4. The molecule has 0 amide bonds. The topological polar surface area (TPSA) is 58.9 Å². The van der Waals surface area contributed by atoms with Crippen molar-refractivity contribution in [2.45, 2.75) is 137 Å². The fourth-order valence-corrected chi connectivity index (χ4v) is 11.5. The van der Waals surface area contributed by atoms with Gasteiger partial charge in [-0.25, -0.2) is 0 Å². The zero-order chi connectivity index (χ0) is 42.2. The first kappa shape index (κ1) is 42.8. The fraction of sp³-hybridized carbons (Fsp3) is 0.390. The average molecular weight is 839 g/mol. The van der Waals surface area contributed by atoms with Crippen LogP contribution in [0.3, 0.4) is 0 Å². The molecule has 4 aliphatic rings. The Morgan fingerprint density at radius 2 is 0.714 bits per heavy atom. The number of rotatable bonds is 11. The van der Waals surface area contributed by atoms with Crippen molar-refractivity contribution in [3.05, 3.63) is 141 Å². The van der Waals surface area contributed by atoms with Crippen LogP contribution in [0.25, 0.3) is 44.5 Å². The van der Waals surface area contributed by atoms with Gasteiger partial charge in [0.05, 0.1) is 13.2 Å². The number of hydrogen-bond donors (Lipinski definition) is 2. The normalized spacial score (nSPS) is 15.3. The second kappa shape index (κ2) is 18.7. The van der Waals surface area contributed by atoms with Gasteiger partial charge in [0.15, 0.2) is 0 Å². The lowest BCUT2D eigenvalue weighted by molar-refractivity contribution is 0.267. The molecule has 0 aromatic heterocycles. The summed E-state index contributed by atoms with van der Waals surface area (Å²) in [6.07, 6.45) is 20.3. The Balaban J connectivity index is 0.00000504. The van der Waals surface area contributed by atoms with Gasteiger partial charge < -0.3 is 19.7 Å². The minimum absolute atomic E-state index is 0. The molecule has 0 saturated heterocycles. The van der Waals surface area contributed by atoms with Crippen molar-refractivity contribution in [2.75, 3.05) is 13.2 Å². The number of ether oxygens (including phenoxy) is 2. The van der Waals surface area contributed by atoms with E-state index in [0.29, 0.717) is 24.7 Å². The van der Waals surface area contributed by atoms with Crippen LogP contribution in [0.2, 0.25) is 0 Å². The molecule has 63 heavy (non-hydrogen) atoms. The van der Waals surface area contributed by atoms with Crippen LogP contribution in [0.5, 0.6) is 23.0 Å². The lowest BCUT2D eigenvalue weighted by atomic mass is 9.76. The van der Waals surface area contributed by atoms with Gasteiger partial charge in [0.2, 0.25) is 0 Å². The van der Waals surface area contributed by atoms with Crippen molar-refractivity contribution in [1.29, 1.82) is 0 Å². The van der Waals surface area contributed by atoms with Crippen molar-refractivity contribution in [2.24, 2.45) is 0 Å². The molecule has 4 aliphatic carbocycles. The van der Waals surface area contributed by atoms with E-state index in [4.69, 9.17) is 9.47 Å². The summed E-state index contributed by atoms with van der Waals surface area (Å²) in [6.45, 7) is 5.37. The van der Waals surface area contributed by atoms with Gasteiger partial charge in [-0.1, -0.05) is 56.0 Å². The third-order valence-electron chi connectivity index (χ3n) is 14.4. The van der Waals surface area contributed by atoms with Gasteiger partial charge >= 0.3 is 0 Å². The van der Waals surface area contributed by atoms with Crippen LogP contribution >= 0.6 is 0 Å². The summed E-state index contributed by atoms with van der Waals surface area (Å²) in [5.41, 5.74) is 22.2. The molecule has 2 N–H and O–H groups in total. The van der Waals surface area contributed by atoms with E-state index in [0.717, 1.165) is 120 Å².